The molecule has 0 heterocycles. The molecule has 0 aromatic carbocycles. The van der Waals surface area contributed by atoms with Crippen LogP contribution in [0.25, 0.3) is 0 Å². The van der Waals surface area contributed by atoms with Crippen molar-refractivity contribution in [3.63, 3.8) is 0 Å². The number of ether oxygens (including phenoxy) is 1. The van der Waals surface area contributed by atoms with Gasteiger partial charge in [-0.05, 0) is 40.5 Å². The van der Waals surface area contributed by atoms with Gasteiger partial charge in [0.2, 0.25) is 0 Å². The fourth-order valence-electron chi connectivity index (χ4n) is 1.12. The van der Waals surface area contributed by atoms with Crippen LogP contribution in [0, 0.1) is 0 Å². The maximum atomic E-state index is 5.57. The van der Waals surface area contributed by atoms with E-state index in [1.54, 1.807) is 0 Å². The highest BCUT2D eigenvalue weighted by Gasteiger charge is 2.12. The van der Waals surface area contributed by atoms with Crippen molar-refractivity contribution < 1.29 is 18.0 Å². The molecular formula is C11H26O4Si. The van der Waals surface area contributed by atoms with Crippen LogP contribution >= 0.6 is 0 Å². The predicted octanol–water partition coefficient (Wildman–Crippen LogP) is 2.00. The first kappa shape index (κ1) is 16.1. The molecular weight excluding hydrogens is 224 g/mol. The molecule has 0 N–H and O–H groups in total. The van der Waals surface area contributed by atoms with Crippen molar-refractivity contribution in [2.75, 3.05) is 26.4 Å². The van der Waals surface area contributed by atoms with Crippen LogP contribution in [0.1, 0.15) is 40.5 Å². The lowest BCUT2D eigenvalue weighted by Gasteiger charge is -2.14. The maximum Gasteiger partial charge on any atom is 0.484 e. The highest BCUT2D eigenvalue weighted by atomic mass is 28.3. The van der Waals surface area contributed by atoms with Gasteiger partial charge in [-0.25, -0.2) is 0 Å². The first-order valence-electron chi connectivity index (χ1n) is 6.17. The lowest BCUT2D eigenvalue weighted by atomic mass is 10.3. The van der Waals surface area contributed by atoms with Crippen molar-refractivity contribution in [3.8, 4) is 0 Å². The van der Waals surface area contributed by atoms with Crippen LogP contribution in [-0.4, -0.2) is 42.1 Å². The number of hydrogen-bond donors (Lipinski definition) is 0. The van der Waals surface area contributed by atoms with Gasteiger partial charge in [0.15, 0.2) is 0 Å². The smallest absolute Gasteiger partial charge is 0.379 e. The monoisotopic (exact) mass is 250 g/mol. The van der Waals surface area contributed by atoms with Gasteiger partial charge in [-0.1, -0.05) is 0 Å². The SMILES string of the molecule is CCO[SiH](OCC)OCCCCOC(C)C. The molecule has 98 valence electrons. The second kappa shape index (κ2) is 11.5. The second-order valence-electron chi connectivity index (χ2n) is 3.70. The van der Waals surface area contributed by atoms with Crippen LogP contribution in [0.3, 0.4) is 0 Å². The first-order valence-corrected chi connectivity index (χ1v) is 7.58. The Labute approximate surface area is 101 Å². The lowest BCUT2D eigenvalue weighted by Crippen LogP contribution is -2.27. The summed E-state index contributed by atoms with van der Waals surface area (Å²) < 4.78 is 21.8. The third-order valence-electron chi connectivity index (χ3n) is 1.85. The molecule has 0 aliphatic rings. The van der Waals surface area contributed by atoms with Crippen molar-refractivity contribution in [3.05, 3.63) is 0 Å². The molecule has 0 saturated carbocycles. The number of rotatable bonds is 11. The third kappa shape index (κ3) is 10.6. The Bertz CT molecular complexity index is 138. The fraction of sp³-hybridized carbons (Fsp3) is 1.00. The van der Waals surface area contributed by atoms with Crippen LogP contribution in [0.2, 0.25) is 0 Å². The Hall–Kier alpha value is 0.0569. The van der Waals surface area contributed by atoms with Crippen molar-refractivity contribution in [1.82, 2.24) is 0 Å². The molecule has 0 aromatic heterocycles. The summed E-state index contributed by atoms with van der Waals surface area (Å²) in [6.45, 7) is 10.8. The average molecular weight is 250 g/mol. The van der Waals surface area contributed by atoms with E-state index in [0.29, 0.717) is 25.9 Å². The molecule has 0 unspecified atom stereocenters. The van der Waals surface area contributed by atoms with E-state index in [9.17, 15) is 0 Å². The summed E-state index contributed by atoms with van der Waals surface area (Å²) in [6, 6.07) is 0. The molecule has 0 amide bonds. The summed E-state index contributed by atoms with van der Waals surface area (Å²) in [5.74, 6) is 0. The van der Waals surface area contributed by atoms with E-state index in [2.05, 4.69) is 0 Å². The minimum absolute atomic E-state index is 0.315. The number of unbranched alkanes of at least 4 members (excludes halogenated alkanes) is 1. The third-order valence-corrected chi connectivity index (χ3v) is 3.57. The zero-order valence-corrected chi connectivity index (χ0v) is 12.2. The van der Waals surface area contributed by atoms with Crippen LogP contribution in [0.4, 0.5) is 0 Å². The molecule has 0 saturated heterocycles. The maximum absolute atomic E-state index is 5.57. The number of hydrogen-bond acceptors (Lipinski definition) is 4. The van der Waals surface area contributed by atoms with Crippen LogP contribution < -0.4 is 0 Å². The summed E-state index contributed by atoms with van der Waals surface area (Å²) in [5, 5.41) is 0. The Morgan fingerprint density at radius 1 is 0.875 bits per heavy atom. The van der Waals surface area contributed by atoms with Gasteiger partial charge in [0.05, 0.1) is 6.10 Å². The van der Waals surface area contributed by atoms with Crippen molar-refractivity contribution >= 4 is 9.53 Å². The Morgan fingerprint density at radius 3 is 1.94 bits per heavy atom. The molecule has 0 radical (unpaired) electrons. The second-order valence-corrected chi connectivity index (χ2v) is 5.27. The van der Waals surface area contributed by atoms with Crippen LogP contribution in [-0.2, 0) is 18.0 Å². The predicted molar refractivity (Wildman–Crippen MR) is 66.7 cm³/mol. The van der Waals surface area contributed by atoms with Gasteiger partial charge in [-0.2, -0.15) is 0 Å². The topological polar surface area (TPSA) is 36.9 Å². The summed E-state index contributed by atoms with van der Waals surface area (Å²) in [4.78, 5) is 0. The molecule has 0 fully saturated rings. The van der Waals surface area contributed by atoms with Gasteiger partial charge in [-0.3, -0.25) is 0 Å². The molecule has 0 rings (SSSR count). The lowest BCUT2D eigenvalue weighted by molar-refractivity contribution is 0.0671. The molecule has 4 nitrogen and oxygen atoms in total. The highest BCUT2D eigenvalue weighted by Crippen LogP contribution is 1.98. The molecule has 0 spiro atoms. The van der Waals surface area contributed by atoms with E-state index in [1.807, 2.05) is 27.7 Å². The fourth-order valence-corrected chi connectivity index (χ4v) is 2.31. The van der Waals surface area contributed by atoms with Crippen LogP contribution in [0.5, 0.6) is 0 Å². The van der Waals surface area contributed by atoms with Gasteiger partial charge in [0.1, 0.15) is 0 Å². The highest BCUT2D eigenvalue weighted by molar-refractivity contribution is 6.36. The summed E-state index contributed by atoms with van der Waals surface area (Å²) >= 11 is 0. The van der Waals surface area contributed by atoms with Crippen molar-refractivity contribution in [1.29, 1.82) is 0 Å². The quantitative estimate of drug-likeness (QED) is 0.415. The van der Waals surface area contributed by atoms with E-state index in [-0.39, 0.29) is 0 Å². The van der Waals surface area contributed by atoms with Gasteiger partial charge < -0.3 is 18.0 Å². The molecule has 0 aliphatic carbocycles. The van der Waals surface area contributed by atoms with Crippen molar-refractivity contribution in [2.24, 2.45) is 0 Å². The minimum Gasteiger partial charge on any atom is -0.379 e. The van der Waals surface area contributed by atoms with Gasteiger partial charge in [-0.15, -0.1) is 0 Å². The summed E-state index contributed by atoms with van der Waals surface area (Å²) in [7, 11) is -1.85. The Balaban J connectivity index is 3.32. The van der Waals surface area contributed by atoms with E-state index < -0.39 is 9.53 Å². The largest absolute Gasteiger partial charge is 0.484 e. The van der Waals surface area contributed by atoms with Gasteiger partial charge >= 0.3 is 9.53 Å². The van der Waals surface area contributed by atoms with Crippen LogP contribution in [0.15, 0.2) is 0 Å². The van der Waals surface area contributed by atoms with Gasteiger partial charge in [0, 0.05) is 26.4 Å². The normalized spacial score (nSPS) is 11.6. The zero-order valence-electron chi connectivity index (χ0n) is 11.0. The zero-order chi connectivity index (χ0) is 12.2. The minimum atomic E-state index is -1.85. The van der Waals surface area contributed by atoms with Gasteiger partial charge in [0.25, 0.3) is 0 Å². The summed E-state index contributed by atoms with van der Waals surface area (Å²) in [6.07, 6.45) is 2.34. The molecule has 0 atom stereocenters. The van der Waals surface area contributed by atoms with E-state index in [0.717, 1.165) is 19.4 Å². The van der Waals surface area contributed by atoms with E-state index in [4.69, 9.17) is 18.0 Å². The molecule has 16 heavy (non-hydrogen) atoms. The summed E-state index contributed by atoms with van der Waals surface area (Å²) in [5.41, 5.74) is 0. The van der Waals surface area contributed by atoms with E-state index in [1.165, 1.54) is 0 Å². The molecule has 5 heteroatoms. The Morgan fingerprint density at radius 2 is 1.44 bits per heavy atom. The average Bonchev–Trinajstić information content (AvgIpc) is 2.23. The molecule has 0 aromatic rings. The standard InChI is InChI=1S/C11H26O4Si/c1-5-13-16(14-6-2)15-10-8-7-9-12-11(3)4/h11,16H,5-10H2,1-4H3. The van der Waals surface area contributed by atoms with E-state index >= 15 is 0 Å². The first-order chi connectivity index (χ1) is 7.70. The molecule has 0 aliphatic heterocycles. The van der Waals surface area contributed by atoms with Crippen molar-refractivity contribution in [2.45, 2.75) is 46.6 Å². The molecule has 0 bridgehead atoms. The Kier molecular flexibility index (Phi) is 11.6.